The minimum Gasteiger partial charge on any atom is -0.492 e. The molecule has 0 aromatic heterocycles. The van der Waals surface area contributed by atoms with Crippen molar-refractivity contribution >= 4 is 23.4 Å². The molecule has 0 radical (unpaired) electrons. The van der Waals surface area contributed by atoms with Gasteiger partial charge in [0.1, 0.15) is 5.75 Å². The lowest BCUT2D eigenvalue weighted by atomic mass is 10.1. The van der Waals surface area contributed by atoms with Gasteiger partial charge in [0, 0.05) is 19.0 Å². The number of nitrogens with one attached hydrogen (secondary N) is 2. The van der Waals surface area contributed by atoms with E-state index in [-0.39, 0.29) is 36.7 Å². The predicted molar refractivity (Wildman–Crippen MR) is 92.2 cm³/mol. The van der Waals surface area contributed by atoms with Crippen molar-refractivity contribution in [3.05, 3.63) is 24.3 Å². The average molecular weight is 345 g/mol. The van der Waals surface area contributed by atoms with Gasteiger partial charge < -0.3 is 20.3 Å². The van der Waals surface area contributed by atoms with Crippen LogP contribution in [0, 0.1) is 5.92 Å². The molecule has 0 bridgehead atoms. The Balaban J connectivity index is 1.58. The van der Waals surface area contributed by atoms with Gasteiger partial charge in [-0.05, 0) is 31.9 Å². The van der Waals surface area contributed by atoms with E-state index in [2.05, 4.69) is 10.6 Å². The van der Waals surface area contributed by atoms with E-state index in [1.807, 2.05) is 31.2 Å². The molecule has 1 saturated heterocycles. The first-order chi connectivity index (χ1) is 12.1. The van der Waals surface area contributed by atoms with Crippen LogP contribution < -0.4 is 20.3 Å². The number of hydrogen-bond acceptors (Lipinski definition) is 4. The van der Waals surface area contributed by atoms with Crippen molar-refractivity contribution in [2.45, 2.75) is 32.2 Å². The molecule has 0 unspecified atom stereocenters. The fraction of sp³-hybridized carbons (Fsp3) is 0.500. The number of carbonyl (C=O) groups is 3. The molecule has 0 spiro atoms. The number of anilines is 1. The highest BCUT2D eigenvalue weighted by Gasteiger charge is 2.36. The summed E-state index contributed by atoms with van der Waals surface area (Å²) in [4.78, 5) is 37.9. The van der Waals surface area contributed by atoms with Gasteiger partial charge in [0.2, 0.25) is 17.7 Å². The maximum atomic E-state index is 12.3. The molecule has 25 heavy (non-hydrogen) atoms. The van der Waals surface area contributed by atoms with Crippen LogP contribution in [0.3, 0.4) is 0 Å². The van der Waals surface area contributed by atoms with Gasteiger partial charge in [0.25, 0.3) is 0 Å². The second-order valence-corrected chi connectivity index (χ2v) is 6.37. The summed E-state index contributed by atoms with van der Waals surface area (Å²) < 4.78 is 5.57. The average Bonchev–Trinajstić information content (AvgIpc) is 3.33. The molecule has 1 heterocycles. The maximum absolute atomic E-state index is 12.3. The molecule has 134 valence electrons. The Hall–Kier alpha value is -2.57. The molecule has 7 heteroatoms. The monoisotopic (exact) mass is 345 g/mol. The third-order valence-electron chi connectivity index (χ3n) is 4.32. The molecule has 1 aromatic rings. The molecule has 1 aliphatic heterocycles. The number of benzene rings is 1. The van der Waals surface area contributed by atoms with E-state index in [4.69, 9.17) is 4.74 Å². The highest BCUT2D eigenvalue weighted by Crippen LogP contribution is 2.33. The SMILES string of the molecule is CCOc1ccccc1N1C[C@H](C(=O)NCC(=O)NC2CC2)CC1=O. The lowest BCUT2D eigenvalue weighted by molar-refractivity contribution is -0.129. The van der Waals surface area contributed by atoms with E-state index < -0.39 is 5.92 Å². The summed E-state index contributed by atoms with van der Waals surface area (Å²) in [6.07, 6.45) is 2.15. The Morgan fingerprint density at radius 3 is 2.76 bits per heavy atom. The van der Waals surface area contributed by atoms with Crippen molar-refractivity contribution in [3.63, 3.8) is 0 Å². The van der Waals surface area contributed by atoms with Crippen LogP contribution in [0.15, 0.2) is 24.3 Å². The Bertz CT molecular complexity index is 672. The number of carbonyl (C=O) groups excluding carboxylic acids is 3. The molecule has 1 atom stereocenters. The predicted octanol–water partition coefficient (Wildman–Crippen LogP) is 0.833. The minimum atomic E-state index is -0.462. The first kappa shape index (κ1) is 17.3. The van der Waals surface area contributed by atoms with Crippen LogP contribution >= 0.6 is 0 Å². The smallest absolute Gasteiger partial charge is 0.239 e. The molecule has 3 rings (SSSR count). The van der Waals surface area contributed by atoms with Crippen LogP contribution in [-0.4, -0.2) is 43.5 Å². The fourth-order valence-corrected chi connectivity index (χ4v) is 2.89. The van der Waals surface area contributed by atoms with E-state index in [1.165, 1.54) is 0 Å². The second-order valence-electron chi connectivity index (χ2n) is 6.37. The van der Waals surface area contributed by atoms with Crippen LogP contribution in [0.4, 0.5) is 5.69 Å². The quantitative estimate of drug-likeness (QED) is 0.766. The standard InChI is InChI=1S/C18H23N3O4/c1-2-25-15-6-4-3-5-14(15)21-11-12(9-17(21)23)18(24)19-10-16(22)20-13-7-8-13/h3-6,12-13H,2,7-11H2,1H3,(H,19,24)(H,20,22)/t12-/m1/s1. The number of hydrogen-bond donors (Lipinski definition) is 2. The first-order valence-corrected chi connectivity index (χ1v) is 8.67. The zero-order valence-corrected chi connectivity index (χ0v) is 14.3. The summed E-state index contributed by atoms with van der Waals surface area (Å²) >= 11 is 0. The molecule has 3 amide bonds. The van der Waals surface area contributed by atoms with Gasteiger partial charge in [-0.15, -0.1) is 0 Å². The molecule has 1 aliphatic carbocycles. The minimum absolute atomic E-state index is 0.0461. The summed E-state index contributed by atoms with van der Waals surface area (Å²) in [5, 5.41) is 5.45. The Labute approximate surface area is 146 Å². The van der Waals surface area contributed by atoms with Crippen molar-refractivity contribution in [3.8, 4) is 5.75 Å². The Morgan fingerprint density at radius 2 is 2.04 bits per heavy atom. The van der Waals surface area contributed by atoms with E-state index in [1.54, 1.807) is 4.90 Å². The fourth-order valence-electron chi connectivity index (χ4n) is 2.89. The lowest BCUT2D eigenvalue weighted by Gasteiger charge is -2.20. The van der Waals surface area contributed by atoms with Gasteiger partial charge in [0.05, 0.1) is 24.8 Å². The van der Waals surface area contributed by atoms with Crippen molar-refractivity contribution in [1.29, 1.82) is 0 Å². The lowest BCUT2D eigenvalue weighted by Crippen LogP contribution is -2.40. The third kappa shape index (κ3) is 4.29. The molecule has 2 N–H and O–H groups in total. The largest absolute Gasteiger partial charge is 0.492 e. The van der Waals surface area contributed by atoms with Gasteiger partial charge in [-0.1, -0.05) is 12.1 Å². The molecule has 2 aliphatic rings. The van der Waals surface area contributed by atoms with E-state index >= 15 is 0 Å². The summed E-state index contributed by atoms with van der Waals surface area (Å²) in [6.45, 7) is 2.62. The first-order valence-electron chi connectivity index (χ1n) is 8.67. The normalized spacial score (nSPS) is 19.6. The molecule has 1 saturated carbocycles. The highest BCUT2D eigenvalue weighted by molar-refractivity contribution is 6.01. The number of rotatable bonds is 7. The zero-order chi connectivity index (χ0) is 17.8. The van der Waals surface area contributed by atoms with Crippen molar-refractivity contribution in [2.75, 3.05) is 24.6 Å². The summed E-state index contributed by atoms with van der Waals surface area (Å²) in [6, 6.07) is 7.56. The highest BCUT2D eigenvalue weighted by atomic mass is 16.5. The maximum Gasteiger partial charge on any atom is 0.239 e. The molecular weight excluding hydrogens is 322 g/mol. The molecular formula is C18H23N3O4. The topological polar surface area (TPSA) is 87.7 Å². The summed E-state index contributed by atoms with van der Waals surface area (Å²) in [7, 11) is 0. The van der Waals surface area contributed by atoms with Crippen LogP contribution in [0.2, 0.25) is 0 Å². The Morgan fingerprint density at radius 1 is 1.28 bits per heavy atom. The van der Waals surface area contributed by atoms with E-state index in [9.17, 15) is 14.4 Å². The number of ether oxygens (including phenoxy) is 1. The van der Waals surface area contributed by atoms with Gasteiger partial charge in [0.15, 0.2) is 0 Å². The van der Waals surface area contributed by atoms with E-state index in [0.29, 0.717) is 24.6 Å². The molecule has 1 aromatic carbocycles. The molecule has 7 nitrogen and oxygen atoms in total. The number of nitrogens with zero attached hydrogens (tertiary/aromatic N) is 1. The van der Waals surface area contributed by atoms with Crippen molar-refractivity contribution in [1.82, 2.24) is 10.6 Å². The number of para-hydroxylation sites is 2. The number of amides is 3. The van der Waals surface area contributed by atoms with Gasteiger partial charge in [-0.3, -0.25) is 14.4 Å². The molecule has 2 fully saturated rings. The summed E-state index contributed by atoms with van der Waals surface area (Å²) in [5.41, 5.74) is 0.677. The zero-order valence-electron chi connectivity index (χ0n) is 14.3. The van der Waals surface area contributed by atoms with Gasteiger partial charge in [-0.2, -0.15) is 0 Å². The Kier molecular flexibility index (Phi) is 5.21. The second kappa shape index (κ2) is 7.55. The van der Waals surface area contributed by atoms with Crippen molar-refractivity contribution < 1.29 is 19.1 Å². The van der Waals surface area contributed by atoms with Crippen LogP contribution in [0.1, 0.15) is 26.2 Å². The summed E-state index contributed by atoms with van der Waals surface area (Å²) in [5.74, 6) is -0.400. The van der Waals surface area contributed by atoms with Gasteiger partial charge >= 0.3 is 0 Å². The van der Waals surface area contributed by atoms with E-state index in [0.717, 1.165) is 12.8 Å². The van der Waals surface area contributed by atoms with Crippen LogP contribution in [0.25, 0.3) is 0 Å². The van der Waals surface area contributed by atoms with Crippen LogP contribution in [0.5, 0.6) is 5.75 Å². The third-order valence-corrected chi connectivity index (χ3v) is 4.32. The van der Waals surface area contributed by atoms with Crippen LogP contribution in [-0.2, 0) is 14.4 Å². The van der Waals surface area contributed by atoms with Gasteiger partial charge in [-0.25, -0.2) is 0 Å². The van der Waals surface area contributed by atoms with Crippen molar-refractivity contribution in [2.24, 2.45) is 5.92 Å².